The van der Waals surface area contributed by atoms with Gasteiger partial charge in [-0.2, -0.15) is 13.2 Å². The maximum absolute atomic E-state index is 13.0. The first-order valence-electron chi connectivity index (χ1n) is 8.82. The van der Waals surface area contributed by atoms with E-state index in [4.69, 9.17) is 4.74 Å². The molecular weight excluding hydrogens is 391 g/mol. The van der Waals surface area contributed by atoms with E-state index in [2.05, 4.69) is 0 Å². The molecule has 3 rings (SSSR count). The quantitative estimate of drug-likeness (QED) is 0.559. The summed E-state index contributed by atoms with van der Waals surface area (Å²) in [4.78, 5) is 26.2. The van der Waals surface area contributed by atoms with E-state index in [-0.39, 0.29) is 11.4 Å². The molecule has 2 aromatic carbocycles. The Labute approximate surface area is 164 Å². The Morgan fingerprint density at radius 3 is 2.41 bits per heavy atom. The number of nitrogens with zero attached hydrogens (tertiary/aromatic N) is 3. The number of para-hydroxylation sites is 1. The van der Waals surface area contributed by atoms with Crippen LogP contribution in [0.1, 0.15) is 5.56 Å². The summed E-state index contributed by atoms with van der Waals surface area (Å²) in [6.07, 6.45) is -4.57. The number of ether oxygens (including phenoxy) is 1. The number of hydrogen-bond donors (Lipinski definition) is 0. The van der Waals surface area contributed by atoms with Crippen LogP contribution in [0.25, 0.3) is 0 Å². The Kier molecular flexibility index (Phi) is 5.90. The minimum atomic E-state index is -4.57. The first-order chi connectivity index (χ1) is 13.8. The molecule has 0 atom stereocenters. The summed E-state index contributed by atoms with van der Waals surface area (Å²) in [5.41, 5.74) is -0.261. The van der Waals surface area contributed by atoms with Gasteiger partial charge in [-0.15, -0.1) is 0 Å². The van der Waals surface area contributed by atoms with Gasteiger partial charge in [-0.25, -0.2) is 0 Å². The lowest BCUT2D eigenvalue weighted by molar-refractivity contribution is -0.384. The molecular formula is C19H18F3N3O4. The summed E-state index contributed by atoms with van der Waals surface area (Å²) in [7, 11) is 0. The van der Waals surface area contributed by atoms with Gasteiger partial charge in [0.05, 0.1) is 10.5 Å². The van der Waals surface area contributed by atoms with Crippen molar-refractivity contribution in [3.63, 3.8) is 0 Å². The molecule has 10 heteroatoms. The van der Waals surface area contributed by atoms with Crippen LogP contribution in [0.4, 0.5) is 24.5 Å². The molecule has 0 saturated carbocycles. The second kappa shape index (κ2) is 8.38. The van der Waals surface area contributed by atoms with Gasteiger partial charge in [-0.05, 0) is 18.2 Å². The van der Waals surface area contributed by atoms with Crippen LogP contribution in [0.15, 0.2) is 48.5 Å². The highest BCUT2D eigenvalue weighted by Crippen LogP contribution is 2.35. The van der Waals surface area contributed by atoms with E-state index in [0.717, 1.165) is 6.07 Å². The average molecular weight is 409 g/mol. The van der Waals surface area contributed by atoms with E-state index in [0.29, 0.717) is 31.9 Å². The van der Waals surface area contributed by atoms with E-state index < -0.39 is 29.2 Å². The molecule has 0 spiro atoms. The number of nitro groups is 1. The summed E-state index contributed by atoms with van der Waals surface area (Å²) in [5.74, 6) is -0.802. The molecule has 1 aliphatic rings. The van der Waals surface area contributed by atoms with Crippen molar-refractivity contribution in [2.45, 2.75) is 6.18 Å². The summed E-state index contributed by atoms with van der Waals surface area (Å²) >= 11 is 0. The first-order valence-corrected chi connectivity index (χ1v) is 8.82. The Hall–Kier alpha value is -3.30. The lowest BCUT2D eigenvalue weighted by Gasteiger charge is -2.36. The number of benzene rings is 2. The third-order valence-electron chi connectivity index (χ3n) is 4.58. The van der Waals surface area contributed by atoms with E-state index in [9.17, 15) is 28.1 Å². The molecule has 0 bridgehead atoms. The topological polar surface area (TPSA) is 75.9 Å². The van der Waals surface area contributed by atoms with Crippen LogP contribution in [0.5, 0.6) is 5.75 Å². The molecule has 0 aliphatic carbocycles. The Morgan fingerprint density at radius 2 is 1.76 bits per heavy atom. The zero-order valence-corrected chi connectivity index (χ0v) is 15.3. The molecule has 0 aromatic heterocycles. The Bertz CT molecular complexity index is 896. The van der Waals surface area contributed by atoms with E-state index in [1.54, 1.807) is 12.1 Å². The second-order valence-corrected chi connectivity index (χ2v) is 6.43. The van der Waals surface area contributed by atoms with Crippen molar-refractivity contribution < 1.29 is 27.6 Å². The van der Waals surface area contributed by atoms with Crippen molar-refractivity contribution in [3.8, 4) is 5.75 Å². The summed E-state index contributed by atoms with van der Waals surface area (Å²) in [5, 5.41) is 10.9. The Balaban J connectivity index is 1.56. The van der Waals surface area contributed by atoms with E-state index in [1.165, 1.54) is 35.2 Å². The van der Waals surface area contributed by atoms with Crippen molar-refractivity contribution >= 4 is 17.3 Å². The standard InChI is InChI=1S/C19H18F3N3O4/c20-19(21,22)16-6-1-2-7-17(16)29-13-18(26)24-10-8-23(9-11-24)14-4-3-5-15(12-14)25(27)28/h1-7,12H,8-11,13H2. The monoisotopic (exact) mass is 409 g/mol. The van der Waals surface area contributed by atoms with Crippen LogP contribution in [0.3, 0.4) is 0 Å². The molecule has 1 aliphatic heterocycles. The molecule has 0 N–H and O–H groups in total. The van der Waals surface area contributed by atoms with Gasteiger partial charge < -0.3 is 14.5 Å². The molecule has 29 heavy (non-hydrogen) atoms. The second-order valence-electron chi connectivity index (χ2n) is 6.43. The van der Waals surface area contributed by atoms with Gasteiger partial charge in [0.25, 0.3) is 11.6 Å². The number of non-ortho nitro benzene ring substituents is 1. The molecule has 1 amide bonds. The minimum Gasteiger partial charge on any atom is -0.483 e. The van der Waals surface area contributed by atoms with Gasteiger partial charge in [0.15, 0.2) is 6.61 Å². The lowest BCUT2D eigenvalue weighted by atomic mass is 10.2. The van der Waals surface area contributed by atoms with Crippen LogP contribution in [-0.4, -0.2) is 48.5 Å². The average Bonchev–Trinajstić information content (AvgIpc) is 2.71. The molecule has 1 saturated heterocycles. The van der Waals surface area contributed by atoms with Crippen LogP contribution in [-0.2, 0) is 11.0 Å². The number of amides is 1. The molecule has 0 radical (unpaired) electrons. The van der Waals surface area contributed by atoms with Crippen molar-refractivity contribution in [3.05, 3.63) is 64.2 Å². The van der Waals surface area contributed by atoms with Gasteiger partial charge in [0, 0.05) is 44.0 Å². The number of piperazine rings is 1. The number of nitro benzene ring substituents is 1. The lowest BCUT2D eigenvalue weighted by Crippen LogP contribution is -2.50. The predicted molar refractivity (Wildman–Crippen MR) is 98.8 cm³/mol. The maximum Gasteiger partial charge on any atom is 0.419 e. The zero-order chi connectivity index (χ0) is 21.0. The summed E-state index contributed by atoms with van der Waals surface area (Å²) in [6.45, 7) is 1.08. The number of carbonyl (C=O) groups is 1. The normalized spacial score (nSPS) is 14.6. The summed E-state index contributed by atoms with van der Waals surface area (Å²) in [6, 6.07) is 11.0. The van der Waals surface area contributed by atoms with Gasteiger partial charge in [0.1, 0.15) is 5.75 Å². The SMILES string of the molecule is O=C(COc1ccccc1C(F)(F)F)N1CCN(c2cccc([N+](=O)[O-])c2)CC1. The number of halogens is 3. The number of rotatable bonds is 5. The van der Waals surface area contributed by atoms with E-state index >= 15 is 0 Å². The number of carbonyl (C=O) groups excluding carboxylic acids is 1. The third-order valence-corrected chi connectivity index (χ3v) is 4.58. The van der Waals surface area contributed by atoms with Crippen molar-refractivity contribution in [1.29, 1.82) is 0 Å². The van der Waals surface area contributed by atoms with Crippen molar-refractivity contribution in [1.82, 2.24) is 4.90 Å². The number of alkyl halides is 3. The molecule has 2 aromatic rings. The predicted octanol–water partition coefficient (Wildman–Crippen LogP) is 3.34. The van der Waals surface area contributed by atoms with E-state index in [1.807, 2.05) is 4.90 Å². The van der Waals surface area contributed by atoms with Gasteiger partial charge in [-0.1, -0.05) is 18.2 Å². The highest BCUT2D eigenvalue weighted by Gasteiger charge is 2.34. The molecule has 154 valence electrons. The fourth-order valence-electron chi connectivity index (χ4n) is 3.07. The van der Waals surface area contributed by atoms with Gasteiger partial charge in [0.2, 0.25) is 0 Å². The van der Waals surface area contributed by atoms with Gasteiger partial charge >= 0.3 is 6.18 Å². The van der Waals surface area contributed by atoms with Gasteiger partial charge in [-0.3, -0.25) is 14.9 Å². The van der Waals surface area contributed by atoms with Crippen molar-refractivity contribution in [2.75, 3.05) is 37.7 Å². The van der Waals surface area contributed by atoms with Crippen LogP contribution in [0.2, 0.25) is 0 Å². The fourth-order valence-corrected chi connectivity index (χ4v) is 3.07. The smallest absolute Gasteiger partial charge is 0.419 e. The van der Waals surface area contributed by atoms with Crippen LogP contribution in [0, 0.1) is 10.1 Å². The fraction of sp³-hybridized carbons (Fsp3) is 0.316. The zero-order valence-electron chi connectivity index (χ0n) is 15.3. The van der Waals surface area contributed by atoms with Crippen LogP contribution < -0.4 is 9.64 Å². The minimum absolute atomic E-state index is 0.0160. The molecule has 7 nitrogen and oxygen atoms in total. The molecule has 0 unspecified atom stereocenters. The largest absolute Gasteiger partial charge is 0.483 e. The maximum atomic E-state index is 13.0. The Morgan fingerprint density at radius 1 is 1.07 bits per heavy atom. The number of hydrogen-bond acceptors (Lipinski definition) is 5. The third kappa shape index (κ3) is 4.95. The first kappa shape index (κ1) is 20.4. The van der Waals surface area contributed by atoms with Crippen LogP contribution >= 0.6 is 0 Å². The highest BCUT2D eigenvalue weighted by atomic mass is 19.4. The highest BCUT2D eigenvalue weighted by molar-refractivity contribution is 5.78. The molecule has 1 fully saturated rings. The summed E-state index contributed by atoms with van der Waals surface area (Å²) < 4.78 is 44.1. The molecule has 1 heterocycles. The van der Waals surface area contributed by atoms with Crippen molar-refractivity contribution in [2.24, 2.45) is 0 Å². The number of anilines is 1.